The molecule has 25 heavy (non-hydrogen) atoms. The van der Waals surface area contributed by atoms with Crippen LogP contribution < -0.4 is 15.4 Å². The predicted octanol–water partition coefficient (Wildman–Crippen LogP) is 1.25. The van der Waals surface area contributed by atoms with Crippen LogP contribution in [0.1, 0.15) is 24.0 Å². The van der Waals surface area contributed by atoms with Gasteiger partial charge in [0.25, 0.3) is 0 Å². The summed E-state index contributed by atoms with van der Waals surface area (Å²) in [7, 11) is -1.87. The lowest BCUT2D eigenvalue weighted by Gasteiger charge is -2.34. The number of hydrogen-bond acceptors (Lipinski definition) is 5. The van der Waals surface area contributed by atoms with Crippen LogP contribution in [0.4, 0.5) is 0 Å². The summed E-state index contributed by atoms with van der Waals surface area (Å²) in [5.74, 6) is 0.382. The molecule has 1 heterocycles. The van der Waals surface area contributed by atoms with Gasteiger partial charge in [-0.15, -0.1) is 12.4 Å². The van der Waals surface area contributed by atoms with Crippen LogP contribution in [-0.2, 0) is 21.1 Å². The van der Waals surface area contributed by atoms with Gasteiger partial charge in [-0.25, -0.2) is 8.42 Å². The highest BCUT2D eigenvalue weighted by Gasteiger charge is 2.48. The molecule has 0 unspecified atom stereocenters. The van der Waals surface area contributed by atoms with Crippen LogP contribution >= 0.6 is 12.4 Å². The number of halogens is 1. The maximum atomic E-state index is 12.6. The normalized spacial score (nSPS) is 16.6. The highest BCUT2D eigenvalue weighted by atomic mass is 35.5. The van der Waals surface area contributed by atoms with Gasteiger partial charge in [-0.1, -0.05) is 17.7 Å². The summed E-state index contributed by atoms with van der Waals surface area (Å²) in [5.41, 5.74) is 2.11. The van der Waals surface area contributed by atoms with E-state index < -0.39 is 20.5 Å². The van der Waals surface area contributed by atoms with Gasteiger partial charge in [0.15, 0.2) is 14.6 Å². The summed E-state index contributed by atoms with van der Waals surface area (Å²) in [5, 5.41) is 5.93. The molecule has 0 spiro atoms. The summed E-state index contributed by atoms with van der Waals surface area (Å²) in [6, 6.07) is 5.88. The van der Waals surface area contributed by atoms with Crippen molar-refractivity contribution in [2.75, 3.05) is 33.0 Å². The average molecular weight is 391 g/mol. The monoisotopic (exact) mass is 390 g/mol. The van der Waals surface area contributed by atoms with Crippen LogP contribution in [0.2, 0.25) is 0 Å². The minimum Gasteiger partial charge on any atom is -0.496 e. The second kappa shape index (κ2) is 8.87. The van der Waals surface area contributed by atoms with Crippen molar-refractivity contribution >= 4 is 28.2 Å². The number of piperidine rings is 1. The zero-order valence-electron chi connectivity index (χ0n) is 14.9. The number of carbonyl (C=O) groups excluding carboxylic acids is 1. The molecule has 1 fully saturated rings. The van der Waals surface area contributed by atoms with Crippen molar-refractivity contribution in [3.05, 3.63) is 29.3 Å². The summed E-state index contributed by atoms with van der Waals surface area (Å²) >= 11 is 0. The van der Waals surface area contributed by atoms with E-state index in [2.05, 4.69) is 10.6 Å². The molecule has 1 saturated heterocycles. The molecule has 1 aliphatic rings. The van der Waals surface area contributed by atoms with Crippen LogP contribution in [0, 0.1) is 6.92 Å². The number of aryl methyl sites for hydroxylation is 1. The largest absolute Gasteiger partial charge is 0.496 e. The summed E-state index contributed by atoms with van der Waals surface area (Å²) < 4.78 is 28.5. The summed E-state index contributed by atoms with van der Waals surface area (Å²) in [4.78, 5) is 12.6. The van der Waals surface area contributed by atoms with Crippen LogP contribution in [0.5, 0.6) is 5.75 Å². The molecule has 8 heteroatoms. The van der Waals surface area contributed by atoms with E-state index in [4.69, 9.17) is 4.74 Å². The van der Waals surface area contributed by atoms with E-state index in [1.165, 1.54) is 0 Å². The molecule has 0 atom stereocenters. The number of benzene rings is 1. The van der Waals surface area contributed by atoms with Crippen molar-refractivity contribution in [1.82, 2.24) is 10.6 Å². The number of methoxy groups -OCH3 is 1. The Balaban J connectivity index is 0.00000312. The van der Waals surface area contributed by atoms with Gasteiger partial charge < -0.3 is 15.4 Å². The third-order valence-electron chi connectivity index (χ3n) is 4.65. The molecular weight excluding hydrogens is 364 g/mol. The Morgan fingerprint density at radius 1 is 1.32 bits per heavy atom. The first-order valence-electron chi connectivity index (χ1n) is 8.12. The quantitative estimate of drug-likeness (QED) is 0.763. The van der Waals surface area contributed by atoms with Crippen molar-refractivity contribution in [2.24, 2.45) is 0 Å². The molecule has 1 amide bonds. The lowest BCUT2D eigenvalue weighted by molar-refractivity contribution is -0.124. The number of carbonyl (C=O) groups is 1. The Morgan fingerprint density at radius 2 is 1.96 bits per heavy atom. The van der Waals surface area contributed by atoms with E-state index >= 15 is 0 Å². The lowest BCUT2D eigenvalue weighted by atomic mass is 9.95. The molecule has 1 aliphatic heterocycles. The molecule has 0 aliphatic carbocycles. The van der Waals surface area contributed by atoms with Crippen molar-refractivity contribution in [1.29, 1.82) is 0 Å². The second-order valence-electron chi connectivity index (χ2n) is 6.34. The van der Waals surface area contributed by atoms with Crippen LogP contribution in [0.25, 0.3) is 0 Å². The Bertz CT molecular complexity index is 701. The first-order valence-corrected chi connectivity index (χ1v) is 10.0. The van der Waals surface area contributed by atoms with Crippen molar-refractivity contribution in [2.45, 2.75) is 30.9 Å². The molecule has 2 rings (SSSR count). The Kier molecular flexibility index (Phi) is 7.71. The number of rotatable bonds is 6. The molecule has 1 aromatic rings. The number of ether oxygens (including phenoxy) is 1. The van der Waals surface area contributed by atoms with Crippen LogP contribution in [-0.4, -0.2) is 52.1 Å². The zero-order chi connectivity index (χ0) is 17.8. The Morgan fingerprint density at radius 3 is 2.52 bits per heavy atom. The molecule has 2 N–H and O–H groups in total. The number of sulfone groups is 1. The second-order valence-corrected chi connectivity index (χ2v) is 8.66. The molecule has 0 aromatic heterocycles. The fourth-order valence-electron chi connectivity index (χ4n) is 3.17. The van der Waals surface area contributed by atoms with Gasteiger partial charge in [-0.3, -0.25) is 4.79 Å². The third-order valence-corrected chi connectivity index (χ3v) is 6.66. The molecule has 0 radical (unpaired) electrons. The third kappa shape index (κ3) is 4.86. The van der Waals surface area contributed by atoms with Gasteiger partial charge in [0.2, 0.25) is 5.91 Å². The first kappa shape index (κ1) is 21.7. The standard InChI is InChI=1S/C17H26N2O4S.ClH/c1-13-4-5-15(23-2)14(12-13)6-9-19-16(20)17(24(3,21)22)7-10-18-11-8-17;/h4-5,12,18H,6-11H2,1-3H3,(H,19,20);1H. The fraction of sp³-hybridized carbons (Fsp3) is 0.588. The SMILES string of the molecule is COc1ccc(C)cc1CCNC(=O)C1(S(C)(=O)=O)CCNCC1.Cl. The van der Waals surface area contributed by atoms with E-state index in [1.54, 1.807) is 7.11 Å². The van der Waals surface area contributed by atoms with Crippen molar-refractivity contribution < 1.29 is 17.9 Å². The molecule has 1 aromatic carbocycles. The number of hydrogen-bond donors (Lipinski definition) is 2. The predicted molar refractivity (Wildman–Crippen MR) is 101 cm³/mol. The lowest BCUT2D eigenvalue weighted by Crippen LogP contribution is -2.57. The molecule has 0 bridgehead atoms. The van der Waals surface area contributed by atoms with Gasteiger partial charge >= 0.3 is 0 Å². The highest BCUT2D eigenvalue weighted by molar-refractivity contribution is 7.92. The topological polar surface area (TPSA) is 84.5 Å². The Hall–Kier alpha value is -1.31. The van der Waals surface area contributed by atoms with E-state index in [9.17, 15) is 13.2 Å². The van der Waals surface area contributed by atoms with Crippen molar-refractivity contribution in [3.63, 3.8) is 0 Å². The van der Waals surface area contributed by atoms with Gasteiger partial charge in [0, 0.05) is 12.8 Å². The Labute approximate surface area is 156 Å². The number of amides is 1. The maximum Gasteiger partial charge on any atom is 0.241 e. The smallest absolute Gasteiger partial charge is 0.241 e. The first-order chi connectivity index (χ1) is 11.3. The number of nitrogens with one attached hydrogen (secondary N) is 2. The van der Waals surface area contributed by atoms with E-state index in [0.29, 0.717) is 38.9 Å². The van der Waals surface area contributed by atoms with E-state index in [-0.39, 0.29) is 12.4 Å². The van der Waals surface area contributed by atoms with Crippen molar-refractivity contribution in [3.8, 4) is 5.75 Å². The van der Waals surface area contributed by atoms with Gasteiger partial charge in [-0.05, 0) is 50.9 Å². The summed E-state index contributed by atoms with van der Waals surface area (Å²) in [6.07, 6.45) is 2.37. The van der Waals surface area contributed by atoms with E-state index in [0.717, 1.165) is 23.1 Å². The van der Waals surface area contributed by atoms with Crippen LogP contribution in [0.15, 0.2) is 18.2 Å². The highest BCUT2D eigenvalue weighted by Crippen LogP contribution is 2.28. The molecule has 142 valence electrons. The summed E-state index contributed by atoms with van der Waals surface area (Å²) in [6.45, 7) is 3.44. The van der Waals surface area contributed by atoms with Crippen LogP contribution in [0.3, 0.4) is 0 Å². The maximum absolute atomic E-state index is 12.6. The van der Waals surface area contributed by atoms with E-state index in [1.807, 2.05) is 25.1 Å². The van der Waals surface area contributed by atoms with Gasteiger partial charge in [0.05, 0.1) is 7.11 Å². The molecular formula is C17H27ClN2O4S. The minimum atomic E-state index is -3.48. The molecule has 0 saturated carbocycles. The van der Waals surface area contributed by atoms with Gasteiger partial charge in [0.1, 0.15) is 5.75 Å². The van der Waals surface area contributed by atoms with Gasteiger partial charge in [-0.2, -0.15) is 0 Å². The minimum absolute atomic E-state index is 0. The fourth-order valence-corrected chi connectivity index (χ4v) is 4.53. The average Bonchev–Trinajstić information content (AvgIpc) is 2.54. The zero-order valence-corrected chi connectivity index (χ0v) is 16.6. The molecule has 6 nitrogen and oxygen atoms in total.